The van der Waals surface area contributed by atoms with Gasteiger partial charge in [-0.3, -0.25) is 4.99 Å². The molecule has 26 heavy (non-hydrogen) atoms. The summed E-state index contributed by atoms with van der Waals surface area (Å²) in [5.74, 6) is -0.481. The molecule has 2 aromatic rings. The van der Waals surface area contributed by atoms with Gasteiger partial charge in [0.15, 0.2) is 0 Å². The van der Waals surface area contributed by atoms with Crippen molar-refractivity contribution >= 4 is 32.9 Å². The fourth-order valence-electron chi connectivity index (χ4n) is 3.12. The van der Waals surface area contributed by atoms with Crippen LogP contribution in [0.25, 0.3) is 5.57 Å². The van der Waals surface area contributed by atoms with Gasteiger partial charge in [0.2, 0.25) is 0 Å². The minimum atomic E-state index is -2.95. The molecule has 0 radical (unpaired) electrons. The van der Waals surface area contributed by atoms with E-state index in [0.29, 0.717) is 22.5 Å². The molecule has 0 amide bonds. The van der Waals surface area contributed by atoms with Gasteiger partial charge in [-0.2, -0.15) is 8.78 Å². The van der Waals surface area contributed by atoms with Crippen LogP contribution in [-0.4, -0.2) is 18.5 Å². The van der Waals surface area contributed by atoms with Gasteiger partial charge in [0, 0.05) is 27.2 Å². The number of para-hydroxylation sites is 1. The predicted molar refractivity (Wildman–Crippen MR) is 101 cm³/mol. The molecule has 0 bridgehead atoms. The minimum absolute atomic E-state index is 0.0348. The number of benzene rings is 2. The molecule has 2 nitrogen and oxygen atoms in total. The monoisotopic (exact) mass is 423 g/mol. The fourth-order valence-corrected chi connectivity index (χ4v) is 3.48. The Balaban J connectivity index is 2.14. The lowest BCUT2D eigenvalue weighted by molar-refractivity contribution is -0.0505. The summed E-state index contributed by atoms with van der Waals surface area (Å²) in [5.41, 5.74) is 2.81. The topological polar surface area (TPSA) is 21.6 Å². The van der Waals surface area contributed by atoms with Crippen molar-refractivity contribution in [3.05, 3.63) is 64.6 Å². The highest BCUT2D eigenvalue weighted by atomic mass is 79.9. The molecule has 0 unspecified atom stereocenters. The second-order valence-corrected chi connectivity index (χ2v) is 7.03. The van der Waals surface area contributed by atoms with E-state index in [1.165, 1.54) is 6.07 Å². The van der Waals surface area contributed by atoms with E-state index in [4.69, 9.17) is 0 Å². The highest BCUT2D eigenvalue weighted by Gasteiger charge is 2.29. The second-order valence-electron chi connectivity index (χ2n) is 6.11. The molecule has 6 heteroatoms. The fraction of sp³-hybridized carbons (Fsp3) is 0.250. The maximum atomic E-state index is 14.7. The molecule has 0 aromatic heterocycles. The zero-order valence-electron chi connectivity index (χ0n) is 14.1. The van der Waals surface area contributed by atoms with Gasteiger partial charge in [-0.25, -0.2) is 4.39 Å². The average Bonchev–Trinajstić information content (AvgIpc) is 2.60. The van der Waals surface area contributed by atoms with Gasteiger partial charge in [-0.1, -0.05) is 40.7 Å². The highest BCUT2D eigenvalue weighted by molar-refractivity contribution is 9.10. The quantitative estimate of drug-likeness (QED) is 0.539. The summed E-state index contributed by atoms with van der Waals surface area (Å²) in [6.07, 6.45) is -1.25. The van der Waals surface area contributed by atoms with Crippen LogP contribution in [-0.2, 0) is 0 Å². The Hall–Kier alpha value is -2.08. The molecule has 0 spiro atoms. The standard InChI is InChI=1S/C20H17BrF3NO/c1-11-15(14-5-3-4-6-19(14)26-20(23)24)10-17(22)12(2)25-18-8-7-13(21)9-16(11)18/h3-9,15,17,20H,1,10H2,2H3/b25-12+/t15-,17+/m0/s1. The molecular formula is C20H17BrF3NO. The van der Waals surface area contributed by atoms with Crippen molar-refractivity contribution < 1.29 is 17.9 Å². The second kappa shape index (κ2) is 7.66. The Morgan fingerprint density at radius 1 is 1.23 bits per heavy atom. The molecule has 2 atom stereocenters. The number of rotatable bonds is 3. The molecule has 0 aliphatic carbocycles. The van der Waals surface area contributed by atoms with Crippen LogP contribution in [0.1, 0.15) is 30.4 Å². The first kappa shape index (κ1) is 18.7. The molecule has 0 N–H and O–H groups in total. The summed E-state index contributed by atoms with van der Waals surface area (Å²) in [7, 11) is 0. The summed E-state index contributed by atoms with van der Waals surface area (Å²) in [6.45, 7) is 2.81. The molecule has 1 heterocycles. The maximum Gasteiger partial charge on any atom is 0.387 e. The lowest BCUT2D eigenvalue weighted by Gasteiger charge is -2.27. The third-order valence-corrected chi connectivity index (χ3v) is 4.92. The van der Waals surface area contributed by atoms with Gasteiger partial charge in [-0.05, 0) is 43.2 Å². The van der Waals surface area contributed by atoms with E-state index in [0.717, 1.165) is 10.0 Å². The Morgan fingerprint density at radius 3 is 2.69 bits per heavy atom. The molecule has 1 aliphatic rings. The number of alkyl halides is 3. The predicted octanol–water partition coefficient (Wildman–Crippen LogP) is 6.68. The highest BCUT2D eigenvalue weighted by Crippen LogP contribution is 2.44. The van der Waals surface area contributed by atoms with Crippen molar-refractivity contribution in [2.45, 2.75) is 32.0 Å². The number of allylic oxidation sites excluding steroid dienone is 1. The average molecular weight is 424 g/mol. The van der Waals surface area contributed by atoms with Gasteiger partial charge in [-0.15, -0.1) is 0 Å². The number of fused-ring (bicyclic) bond motifs is 1. The van der Waals surface area contributed by atoms with Gasteiger partial charge < -0.3 is 4.74 Å². The molecule has 136 valence electrons. The van der Waals surface area contributed by atoms with Gasteiger partial charge >= 0.3 is 6.61 Å². The summed E-state index contributed by atoms with van der Waals surface area (Å²) >= 11 is 3.43. The van der Waals surface area contributed by atoms with Crippen molar-refractivity contribution in [1.82, 2.24) is 0 Å². The lowest BCUT2D eigenvalue weighted by Crippen LogP contribution is -2.19. The van der Waals surface area contributed by atoms with Crippen molar-refractivity contribution in [3.63, 3.8) is 0 Å². The third-order valence-electron chi connectivity index (χ3n) is 4.43. The Labute approximate surface area is 158 Å². The van der Waals surface area contributed by atoms with Crippen LogP contribution in [0.4, 0.5) is 18.9 Å². The van der Waals surface area contributed by atoms with Gasteiger partial charge in [0.25, 0.3) is 0 Å². The summed E-state index contributed by atoms with van der Waals surface area (Å²) in [5, 5.41) is 0. The van der Waals surface area contributed by atoms with Crippen LogP contribution in [0.15, 0.2) is 58.5 Å². The first-order chi connectivity index (χ1) is 12.4. The number of aliphatic imine (C=N–C) groups is 1. The zero-order chi connectivity index (χ0) is 18.8. The van der Waals surface area contributed by atoms with Crippen molar-refractivity contribution in [3.8, 4) is 5.75 Å². The SMILES string of the molecule is C=C1c2cc(Br)ccc2/N=C(\C)[C@H](F)C[C@@H]1c1ccccc1OC(F)F. The molecule has 0 saturated heterocycles. The minimum Gasteiger partial charge on any atom is -0.435 e. The number of hydrogen-bond donors (Lipinski definition) is 0. The first-order valence-electron chi connectivity index (χ1n) is 8.08. The smallest absolute Gasteiger partial charge is 0.387 e. The van der Waals surface area contributed by atoms with Crippen LogP contribution >= 0.6 is 15.9 Å². The zero-order valence-corrected chi connectivity index (χ0v) is 15.6. The van der Waals surface area contributed by atoms with Gasteiger partial charge in [0.05, 0.1) is 5.69 Å². The van der Waals surface area contributed by atoms with E-state index >= 15 is 0 Å². The number of hydrogen-bond acceptors (Lipinski definition) is 2. The van der Waals surface area contributed by atoms with Crippen molar-refractivity contribution in [2.75, 3.05) is 0 Å². The Morgan fingerprint density at radius 2 is 1.96 bits per heavy atom. The van der Waals surface area contributed by atoms with E-state index < -0.39 is 18.7 Å². The van der Waals surface area contributed by atoms with E-state index in [9.17, 15) is 13.2 Å². The van der Waals surface area contributed by atoms with E-state index in [1.54, 1.807) is 31.2 Å². The summed E-state index contributed by atoms with van der Waals surface area (Å²) in [6, 6.07) is 11.9. The normalized spacial score (nSPS) is 22.2. The van der Waals surface area contributed by atoms with Gasteiger partial charge in [0.1, 0.15) is 11.9 Å². The van der Waals surface area contributed by atoms with Crippen LogP contribution in [0.3, 0.4) is 0 Å². The lowest BCUT2D eigenvalue weighted by atomic mass is 9.81. The number of nitrogens with zero attached hydrogens (tertiary/aromatic N) is 1. The van der Waals surface area contributed by atoms with Crippen molar-refractivity contribution in [1.29, 1.82) is 0 Å². The number of halogens is 4. The molecule has 1 aliphatic heterocycles. The Kier molecular flexibility index (Phi) is 5.51. The molecule has 0 saturated carbocycles. The van der Waals surface area contributed by atoms with E-state index in [-0.39, 0.29) is 12.2 Å². The largest absolute Gasteiger partial charge is 0.435 e. The van der Waals surface area contributed by atoms with Crippen molar-refractivity contribution in [2.24, 2.45) is 4.99 Å². The molecular weight excluding hydrogens is 407 g/mol. The van der Waals surface area contributed by atoms with Crippen LogP contribution in [0.2, 0.25) is 0 Å². The van der Waals surface area contributed by atoms with E-state index in [1.807, 2.05) is 12.1 Å². The molecule has 3 rings (SSSR count). The molecule has 2 aromatic carbocycles. The first-order valence-corrected chi connectivity index (χ1v) is 8.88. The van der Waals surface area contributed by atoms with E-state index in [2.05, 4.69) is 32.2 Å². The Bertz CT molecular complexity index is 866. The van der Waals surface area contributed by atoms with Crippen LogP contribution in [0, 0.1) is 0 Å². The van der Waals surface area contributed by atoms with Crippen LogP contribution < -0.4 is 4.74 Å². The third kappa shape index (κ3) is 3.85. The summed E-state index contributed by atoms with van der Waals surface area (Å²) in [4.78, 5) is 4.38. The number of ether oxygens (including phenoxy) is 1. The molecule has 0 fully saturated rings. The summed E-state index contributed by atoms with van der Waals surface area (Å²) < 4.78 is 45.8. The maximum absolute atomic E-state index is 14.7. The van der Waals surface area contributed by atoms with Crippen LogP contribution in [0.5, 0.6) is 5.75 Å².